The van der Waals surface area contributed by atoms with E-state index in [1.165, 1.54) is 16.7 Å². The molecular formula is C29H35FN4O4. The zero-order chi connectivity index (χ0) is 26.9. The number of benzene rings is 1. The monoisotopic (exact) mass is 522 g/mol. The Bertz CT molecular complexity index is 1370. The molecule has 0 radical (unpaired) electrons. The predicted octanol–water partition coefficient (Wildman–Crippen LogP) is 3.94. The topological polar surface area (TPSA) is 96.7 Å². The smallest absolute Gasteiger partial charge is 0.268 e. The van der Waals surface area contributed by atoms with Crippen LogP contribution in [-0.2, 0) is 11.3 Å². The summed E-state index contributed by atoms with van der Waals surface area (Å²) in [6.45, 7) is 8.14. The lowest BCUT2D eigenvalue weighted by atomic mass is 9.75. The molecule has 9 heteroatoms. The molecule has 0 bridgehead atoms. The number of halogens is 1. The van der Waals surface area contributed by atoms with E-state index in [4.69, 9.17) is 4.74 Å². The van der Waals surface area contributed by atoms with Gasteiger partial charge in [0.15, 0.2) is 0 Å². The van der Waals surface area contributed by atoms with Crippen molar-refractivity contribution in [2.24, 2.45) is 5.41 Å². The van der Waals surface area contributed by atoms with Crippen LogP contribution in [0, 0.1) is 11.2 Å². The predicted molar refractivity (Wildman–Crippen MR) is 144 cm³/mol. The Hall–Kier alpha value is -3.30. The maximum absolute atomic E-state index is 13.7. The van der Waals surface area contributed by atoms with Gasteiger partial charge >= 0.3 is 0 Å². The van der Waals surface area contributed by atoms with Crippen molar-refractivity contribution in [3.05, 3.63) is 58.3 Å². The Labute approximate surface area is 221 Å². The van der Waals surface area contributed by atoms with Gasteiger partial charge in [-0.3, -0.25) is 19.1 Å². The minimum atomic E-state index is -0.564. The van der Waals surface area contributed by atoms with Gasteiger partial charge in [-0.2, -0.15) is 0 Å². The third kappa shape index (κ3) is 5.59. The lowest BCUT2D eigenvalue weighted by Crippen LogP contribution is -2.43. The van der Waals surface area contributed by atoms with Gasteiger partial charge in [0, 0.05) is 44.0 Å². The molecule has 0 atom stereocenters. The average Bonchev–Trinajstić information content (AvgIpc) is 2.91. The lowest BCUT2D eigenvalue weighted by molar-refractivity contribution is 0.0364. The fourth-order valence-corrected chi connectivity index (χ4v) is 5.39. The number of aromatic hydroxyl groups is 1. The lowest BCUT2D eigenvalue weighted by Gasteiger charge is -2.34. The normalized spacial score (nSPS) is 18.5. The first kappa shape index (κ1) is 26.3. The van der Waals surface area contributed by atoms with Crippen LogP contribution >= 0.6 is 0 Å². The van der Waals surface area contributed by atoms with Crippen molar-refractivity contribution < 1.29 is 19.0 Å². The summed E-state index contributed by atoms with van der Waals surface area (Å²) in [5, 5.41) is 14.6. The third-order valence-corrected chi connectivity index (χ3v) is 7.90. The van der Waals surface area contributed by atoms with Crippen molar-refractivity contribution in [2.75, 3.05) is 32.8 Å². The molecule has 2 N–H and O–H groups in total. The molecule has 2 aliphatic rings. The Morgan fingerprint density at radius 3 is 2.50 bits per heavy atom. The van der Waals surface area contributed by atoms with Gasteiger partial charge in [0.2, 0.25) is 0 Å². The zero-order valence-corrected chi connectivity index (χ0v) is 22.0. The highest BCUT2D eigenvalue weighted by Gasteiger charge is 2.30. The molecule has 5 rings (SSSR count). The highest BCUT2D eigenvalue weighted by atomic mass is 19.1. The van der Waals surface area contributed by atoms with Gasteiger partial charge in [0.1, 0.15) is 22.8 Å². The van der Waals surface area contributed by atoms with Crippen molar-refractivity contribution in [3.8, 4) is 16.9 Å². The first-order valence-corrected chi connectivity index (χ1v) is 13.3. The second-order valence-electron chi connectivity index (χ2n) is 11.1. The molecule has 3 heterocycles. The van der Waals surface area contributed by atoms with E-state index in [9.17, 15) is 19.1 Å². The van der Waals surface area contributed by atoms with Crippen LogP contribution in [0.25, 0.3) is 22.2 Å². The molecule has 202 valence electrons. The van der Waals surface area contributed by atoms with E-state index in [1.54, 1.807) is 24.4 Å². The van der Waals surface area contributed by atoms with Gasteiger partial charge in [-0.15, -0.1) is 0 Å². The van der Waals surface area contributed by atoms with Crippen molar-refractivity contribution in [3.63, 3.8) is 0 Å². The van der Waals surface area contributed by atoms with E-state index < -0.39 is 11.5 Å². The summed E-state index contributed by atoms with van der Waals surface area (Å²) < 4.78 is 20.4. The molecule has 8 nitrogen and oxygen atoms in total. The summed E-state index contributed by atoms with van der Waals surface area (Å²) in [5.74, 6) is -1.29. The van der Waals surface area contributed by atoms with Gasteiger partial charge in [-0.05, 0) is 54.9 Å². The fraction of sp³-hybridized carbons (Fsp3) is 0.483. The standard InChI is InChI=1S/C29H35FN4O4/c1-29(2)9-7-22(8-10-29)32-27(36)24-25(35)23-17-20(19-3-5-21(30)6-4-19)18-31-26(23)34(28(24)37)12-11-33-13-15-38-16-14-33/h3-6,17-18,22,35H,7-16H2,1-2H3,(H,32,36). The minimum Gasteiger partial charge on any atom is -0.506 e. The van der Waals surface area contributed by atoms with Crippen LogP contribution < -0.4 is 10.9 Å². The molecule has 3 aromatic rings. The Kier molecular flexibility index (Phi) is 7.49. The van der Waals surface area contributed by atoms with Crippen LogP contribution in [0.2, 0.25) is 0 Å². The second kappa shape index (κ2) is 10.8. The van der Waals surface area contributed by atoms with Gasteiger partial charge < -0.3 is 15.2 Å². The summed E-state index contributed by atoms with van der Waals surface area (Å²) in [5.41, 5.74) is 1.08. The largest absolute Gasteiger partial charge is 0.506 e. The SMILES string of the molecule is CC1(C)CCC(NC(=O)c2c(O)c3cc(-c4ccc(F)cc4)cnc3n(CCN3CCOCC3)c2=O)CC1. The maximum atomic E-state index is 13.7. The van der Waals surface area contributed by atoms with E-state index in [1.807, 2.05) is 0 Å². The van der Waals surface area contributed by atoms with Crippen LogP contribution in [0.5, 0.6) is 5.75 Å². The number of carbonyl (C=O) groups is 1. The highest BCUT2D eigenvalue weighted by molar-refractivity contribution is 6.02. The number of pyridine rings is 2. The van der Waals surface area contributed by atoms with E-state index in [0.717, 1.165) is 38.8 Å². The van der Waals surface area contributed by atoms with Crippen LogP contribution in [-0.4, -0.2) is 64.4 Å². The van der Waals surface area contributed by atoms with E-state index >= 15 is 0 Å². The van der Waals surface area contributed by atoms with Gasteiger partial charge in [-0.25, -0.2) is 9.37 Å². The van der Waals surface area contributed by atoms with Crippen molar-refractivity contribution in [1.29, 1.82) is 0 Å². The summed E-state index contributed by atoms with van der Waals surface area (Å²) in [7, 11) is 0. The first-order chi connectivity index (χ1) is 18.2. The number of hydrogen-bond donors (Lipinski definition) is 2. The van der Waals surface area contributed by atoms with Crippen LogP contribution in [0.1, 0.15) is 49.9 Å². The molecule has 1 saturated carbocycles. The van der Waals surface area contributed by atoms with Gasteiger partial charge in [0.25, 0.3) is 11.5 Å². The van der Waals surface area contributed by atoms with E-state index in [0.29, 0.717) is 48.5 Å². The molecule has 1 amide bonds. The first-order valence-electron chi connectivity index (χ1n) is 13.3. The fourth-order valence-electron chi connectivity index (χ4n) is 5.39. The van der Waals surface area contributed by atoms with Gasteiger partial charge in [0.05, 0.1) is 18.6 Å². The summed E-state index contributed by atoms with van der Waals surface area (Å²) >= 11 is 0. The van der Waals surface area contributed by atoms with E-state index in [2.05, 4.69) is 29.0 Å². The molecule has 1 aliphatic carbocycles. The number of nitrogens with one attached hydrogen (secondary N) is 1. The van der Waals surface area contributed by atoms with E-state index in [-0.39, 0.29) is 28.6 Å². The van der Waals surface area contributed by atoms with Crippen molar-refractivity contribution in [2.45, 2.75) is 52.1 Å². The molecule has 2 fully saturated rings. The van der Waals surface area contributed by atoms with Crippen molar-refractivity contribution >= 4 is 16.9 Å². The highest BCUT2D eigenvalue weighted by Crippen LogP contribution is 2.35. The molecule has 2 aromatic heterocycles. The number of carbonyl (C=O) groups excluding carboxylic acids is 1. The average molecular weight is 523 g/mol. The summed E-state index contributed by atoms with van der Waals surface area (Å²) in [6.07, 6.45) is 5.22. The number of ether oxygens (including phenoxy) is 1. The zero-order valence-electron chi connectivity index (χ0n) is 22.0. The minimum absolute atomic E-state index is 0.0458. The number of aromatic nitrogens is 2. The molecule has 38 heavy (non-hydrogen) atoms. The number of fused-ring (bicyclic) bond motifs is 1. The Morgan fingerprint density at radius 1 is 1.13 bits per heavy atom. The molecule has 1 aromatic carbocycles. The number of morpholine rings is 1. The molecule has 0 unspecified atom stereocenters. The molecule has 1 saturated heterocycles. The number of rotatable bonds is 6. The summed E-state index contributed by atoms with van der Waals surface area (Å²) in [4.78, 5) is 33.8. The number of amides is 1. The maximum Gasteiger partial charge on any atom is 0.268 e. The molecular weight excluding hydrogens is 487 g/mol. The third-order valence-electron chi connectivity index (χ3n) is 7.90. The van der Waals surface area contributed by atoms with Crippen LogP contribution in [0.15, 0.2) is 41.3 Å². The number of hydrogen-bond acceptors (Lipinski definition) is 6. The molecule has 0 spiro atoms. The molecule has 1 aliphatic heterocycles. The van der Waals surface area contributed by atoms with Gasteiger partial charge in [-0.1, -0.05) is 26.0 Å². The second-order valence-corrected chi connectivity index (χ2v) is 11.1. The van der Waals surface area contributed by atoms with Crippen molar-refractivity contribution in [1.82, 2.24) is 19.8 Å². The Morgan fingerprint density at radius 2 is 1.82 bits per heavy atom. The number of nitrogens with zero attached hydrogens (tertiary/aromatic N) is 3. The summed E-state index contributed by atoms with van der Waals surface area (Å²) in [6, 6.07) is 7.62. The quantitative estimate of drug-likeness (QED) is 0.509. The van der Waals surface area contributed by atoms with Crippen LogP contribution in [0.4, 0.5) is 4.39 Å². The Balaban J connectivity index is 1.53. The van der Waals surface area contributed by atoms with Crippen LogP contribution in [0.3, 0.4) is 0 Å².